The predicted octanol–water partition coefficient (Wildman–Crippen LogP) is 24.4. The minimum atomic E-state index is -5.01. The van der Waals surface area contributed by atoms with Crippen LogP contribution in [-0.4, -0.2) is 96.7 Å². The fourth-order valence-electron chi connectivity index (χ4n) is 10.8. The average molecular weight is 1530 g/mol. The summed E-state index contributed by atoms with van der Waals surface area (Å²) in [6, 6.07) is 0. The molecule has 106 heavy (non-hydrogen) atoms. The number of unbranched alkanes of at least 4 members (excludes halogenated alkanes) is 29. The second-order valence-electron chi connectivity index (χ2n) is 27.3. The third-order valence-corrected chi connectivity index (χ3v) is 19.0. The van der Waals surface area contributed by atoms with E-state index < -0.39 is 97.5 Å². The van der Waals surface area contributed by atoms with Crippen molar-refractivity contribution in [1.82, 2.24) is 0 Å². The number of rotatable bonds is 77. The van der Waals surface area contributed by atoms with Gasteiger partial charge in [0, 0.05) is 25.7 Å². The Balaban J connectivity index is 5.47. The molecule has 0 heterocycles. The van der Waals surface area contributed by atoms with Gasteiger partial charge in [-0.1, -0.05) is 283 Å². The first-order valence-corrected chi connectivity index (χ1v) is 44.4. The van der Waals surface area contributed by atoms with Crippen LogP contribution >= 0.6 is 15.6 Å². The van der Waals surface area contributed by atoms with Crippen LogP contribution < -0.4 is 0 Å². The Kier molecular flexibility index (Phi) is 74.8. The van der Waals surface area contributed by atoms with Gasteiger partial charge in [-0.05, 0) is 161 Å². The zero-order valence-electron chi connectivity index (χ0n) is 66.6. The van der Waals surface area contributed by atoms with E-state index in [-0.39, 0.29) is 25.7 Å². The molecule has 0 aliphatic carbocycles. The Hall–Kier alpha value is -4.80. The van der Waals surface area contributed by atoms with Crippen LogP contribution in [0, 0.1) is 0 Å². The number of hydrogen-bond donors (Lipinski definition) is 3. The molecule has 0 aliphatic rings. The molecular weight excluding hydrogens is 1380 g/mol. The molecule has 0 fully saturated rings. The van der Waals surface area contributed by atoms with E-state index in [1.54, 1.807) is 0 Å². The largest absolute Gasteiger partial charge is 0.472 e. The molecule has 0 amide bonds. The van der Waals surface area contributed by atoms with Crippen LogP contribution in [0.15, 0.2) is 134 Å². The van der Waals surface area contributed by atoms with E-state index in [9.17, 15) is 43.2 Å². The summed E-state index contributed by atoms with van der Waals surface area (Å²) in [7, 11) is -9.99. The standard InChI is InChI=1S/C87H148O17P2/c1-5-9-13-17-21-25-29-33-37-39-40-42-46-50-54-58-62-66-70-74-87(92)104-83(78-98-85(90)72-68-64-60-56-52-48-45-41-38-34-30-26-22-18-14-10-6-2)80-102-106(95,96)100-76-81(88)75-99-105(93,94)101-79-82(103-86(91)73-69-65-61-57-53-49-44-36-32-28-24-20-16-12-8-4)77-97-84(89)71-67-63-59-55-51-47-43-35-31-27-23-19-15-11-7-3/h9,13,21-22,25-27,31,33-34,36-38,40,42,44-45,48,50,54,56,60,81-83,88H,5-8,10-12,14-20,23-24,28-30,32,35,39,41,43,46-47,49,51-53,55,57-59,61-80H2,1-4H3,(H,93,94)(H,95,96)/b13-9-,25-21-,26-22-,31-27-,37-33-,38-34-,42-40-,44-36-,48-45-,54-50-,60-56-/t81-,82+,83+/m0/s1. The molecule has 608 valence electrons. The van der Waals surface area contributed by atoms with Crippen molar-refractivity contribution >= 4 is 39.5 Å². The highest BCUT2D eigenvalue weighted by Gasteiger charge is 2.30. The van der Waals surface area contributed by atoms with Gasteiger partial charge in [0.1, 0.15) is 19.3 Å². The average Bonchev–Trinajstić information content (AvgIpc) is 0.902. The number of phosphoric ester groups is 2. The van der Waals surface area contributed by atoms with Gasteiger partial charge in [0.2, 0.25) is 0 Å². The minimum Gasteiger partial charge on any atom is -0.462 e. The second kappa shape index (κ2) is 78.3. The van der Waals surface area contributed by atoms with Gasteiger partial charge in [0.15, 0.2) is 12.2 Å². The van der Waals surface area contributed by atoms with Gasteiger partial charge in [-0.2, -0.15) is 0 Å². The van der Waals surface area contributed by atoms with Crippen molar-refractivity contribution in [2.24, 2.45) is 0 Å². The summed E-state index contributed by atoms with van der Waals surface area (Å²) in [4.78, 5) is 73.1. The Labute approximate surface area is 644 Å². The number of aliphatic hydroxyl groups excluding tert-OH is 1. The van der Waals surface area contributed by atoms with Crippen LogP contribution in [0.1, 0.15) is 336 Å². The molecule has 0 aromatic rings. The van der Waals surface area contributed by atoms with Crippen LogP contribution in [0.2, 0.25) is 0 Å². The molecule has 0 saturated heterocycles. The van der Waals surface area contributed by atoms with E-state index in [4.69, 9.17) is 37.0 Å². The van der Waals surface area contributed by atoms with Gasteiger partial charge in [-0.3, -0.25) is 37.3 Å². The highest BCUT2D eigenvalue weighted by molar-refractivity contribution is 7.47. The van der Waals surface area contributed by atoms with E-state index >= 15 is 0 Å². The predicted molar refractivity (Wildman–Crippen MR) is 436 cm³/mol. The molecule has 0 spiro atoms. The first-order chi connectivity index (χ1) is 51.7. The number of aliphatic hydroxyl groups is 1. The van der Waals surface area contributed by atoms with E-state index in [1.807, 2.05) is 12.2 Å². The lowest BCUT2D eigenvalue weighted by atomic mass is 10.1. The van der Waals surface area contributed by atoms with E-state index in [2.05, 4.69) is 149 Å². The Morgan fingerprint density at radius 3 is 0.840 bits per heavy atom. The monoisotopic (exact) mass is 1530 g/mol. The summed E-state index contributed by atoms with van der Waals surface area (Å²) in [5.41, 5.74) is 0. The zero-order valence-corrected chi connectivity index (χ0v) is 68.4. The molecule has 0 saturated carbocycles. The molecule has 0 aromatic carbocycles. The first-order valence-electron chi connectivity index (χ1n) is 41.4. The van der Waals surface area contributed by atoms with Crippen LogP contribution in [-0.2, 0) is 65.4 Å². The zero-order chi connectivity index (χ0) is 77.4. The molecule has 0 aromatic heterocycles. The molecule has 0 rings (SSSR count). The molecule has 0 aliphatic heterocycles. The lowest BCUT2D eigenvalue weighted by molar-refractivity contribution is -0.161. The molecule has 19 heteroatoms. The highest BCUT2D eigenvalue weighted by atomic mass is 31.2. The summed E-state index contributed by atoms with van der Waals surface area (Å²) in [5, 5.41) is 10.7. The summed E-state index contributed by atoms with van der Waals surface area (Å²) < 4.78 is 68.6. The topological polar surface area (TPSA) is 237 Å². The molecule has 5 atom stereocenters. The number of esters is 4. The molecular formula is C87H148O17P2. The number of carbonyl (C=O) groups excluding carboxylic acids is 4. The Morgan fingerprint density at radius 1 is 0.274 bits per heavy atom. The van der Waals surface area contributed by atoms with Gasteiger partial charge in [-0.25, -0.2) is 9.13 Å². The van der Waals surface area contributed by atoms with E-state index in [0.29, 0.717) is 32.1 Å². The smallest absolute Gasteiger partial charge is 0.462 e. The van der Waals surface area contributed by atoms with Crippen LogP contribution in [0.25, 0.3) is 0 Å². The van der Waals surface area contributed by atoms with Crippen LogP contribution in [0.5, 0.6) is 0 Å². The number of phosphoric acid groups is 2. The third kappa shape index (κ3) is 77.4. The van der Waals surface area contributed by atoms with Crippen molar-refractivity contribution in [3.8, 4) is 0 Å². The number of carbonyl (C=O) groups is 4. The molecule has 2 unspecified atom stereocenters. The highest BCUT2D eigenvalue weighted by Crippen LogP contribution is 2.45. The molecule has 0 radical (unpaired) electrons. The van der Waals surface area contributed by atoms with Crippen molar-refractivity contribution in [3.63, 3.8) is 0 Å². The molecule has 0 bridgehead atoms. The quantitative estimate of drug-likeness (QED) is 0.0169. The molecule has 17 nitrogen and oxygen atoms in total. The van der Waals surface area contributed by atoms with Gasteiger partial charge in [-0.15, -0.1) is 0 Å². The van der Waals surface area contributed by atoms with Crippen molar-refractivity contribution in [1.29, 1.82) is 0 Å². The minimum absolute atomic E-state index is 0.0406. The molecule has 3 N–H and O–H groups in total. The van der Waals surface area contributed by atoms with Crippen molar-refractivity contribution in [2.45, 2.75) is 354 Å². The summed E-state index contributed by atoms with van der Waals surface area (Å²) >= 11 is 0. The normalized spacial score (nSPS) is 14.5. The van der Waals surface area contributed by atoms with Crippen LogP contribution in [0.4, 0.5) is 0 Å². The Bertz CT molecular complexity index is 2530. The van der Waals surface area contributed by atoms with Crippen LogP contribution in [0.3, 0.4) is 0 Å². The third-order valence-electron chi connectivity index (χ3n) is 17.1. The SMILES string of the molecule is CC/C=C\C/C=C\C/C=C\C/C=C\C/C=C\CCCCCC(=O)O[C@H](COC(=O)CCC/C=C\C/C=C\C/C=C\C/C=C\CCCCC)COP(=O)(O)OC[C@@H](O)COP(=O)(O)OC[C@@H](COC(=O)CCCCCCCCC/C=C\CCCCCC)OC(=O)CCCCCCC/C=C\CCCCCCCC. The van der Waals surface area contributed by atoms with Gasteiger partial charge >= 0.3 is 39.5 Å². The van der Waals surface area contributed by atoms with E-state index in [0.717, 1.165) is 154 Å². The fourth-order valence-corrected chi connectivity index (χ4v) is 12.3. The fraction of sp³-hybridized carbons (Fsp3) is 0.701. The first kappa shape index (κ1) is 101. The number of hydrogen-bond acceptors (Lipinski definition) is 15. The number of ether oxygens (including phenoxy) is 4. The van der Waals surface area contributed by atoms with Gasteiger partial charge in [0.25, 0.3) is 0 Å². The lowest BCUT2D eigenvalue weighted by Crippen LogP contribution is -2.30. The lowest BCUT2D eigenvalue weighted by Gasteiger charge is -2.21. The Morgan fingerprint density at radius 2 is 0.500 bits per heavy atom. The maximum absolute atomic E-state index is 13.1. The van der Waals surface area contributed by atoms with Gasteiger partial charge in [0.05, 0.1) is 26.4 Å². The summed E-state index contributed by atoms with van der Waals surface area (Å²) in [6.45, 7) is 4.63. The number of allylic oxidation sites excluding steroid dienone is 22. The maximum Gasteiger partial charge on any atom is 0.472 e. The maximum atomic E-state index is 13.1. The second-order valence-corrected chi connectivity index (χ2v) is 30.2. The van der Waals surface area contributed by atoms with Gasteiger partial charge < -0.3 is 33.8 Å². The summed E-state index contributed by atoms with van der Waals surface area (Å²) in [6.07, 6.45) is 88.5. The van der Waals surface area contributed by atoms with Crippen molar-refractivity contribution in [3.05, 3.63) is 134 Å². The van der Waals surface area contributed by atoms with Crippen molar-refractivity contribution in [2.75, 3.05) is 39.6 Å². The van der Waals surface area contributed by atoms with Crippen molar-refractivity contribution < 1.29 is 80.2 Å². The summed E-state index contributed by atoms with van der Waals surface area (Å²) in [5.74, 6) is -2.29. The van der Waals surface area contributed by atoms with E-state index in [1.165, 1.54) is 96.3 Å².